The molecule has 1 fully saturated rings. The number of aromatic amines is 1. The fourth-order valence-electron chi connectivity index (χ4n) is 2.89. The van der Waals surface area contributed by atoms with Gasteiger partial charge in [0, 0.05) is 12.3 Å². The van der Waals surface area contributed by atoms with Crippen molar-refractivity contribution < 1.29 is 5.11 Å². The standard InChI is InChI=1S/C15H18N4O3/c1-8(2)9-5-10(9)11-6-13(18-17-12(11)7-20)19-4-3-14(21)16-15(19)22/h3-4,6,8-10,20H,5,7H2,1-2H3,(H,16,21,22)/t9-,10+/m1/s1. The van der Waals surface area contributed by atoms with E-state index in [1.807, 2.05) is 0 Å². The van der Waals surface area contributed by atoms with Crippen LogP contribution in [0.3, 0.4) is 0 Å². The minimum atomic E-state index is -0.555. The lowest BCUT2D eigenvalue weighted by molar-refractivity contribution is 0.273. The van der Waals surface area contributed by atoms with Crippen LogP contribution in [0, 0.1) is 11.8 Å². The van der Waals surface area contributed by atoms with Gasteiger partial charge in [-0.1, -0.05) is 13.8 Å². The molecule has 3 rings (SSSR count). The lowest BCUT2D eigenvalue weighted by atomic mass is 10.0. The zero-order chi connectivity index (χ0) is 15.9. The Labute approximate surface area is 126 Å². The van der Waals surface area contributed by atoms with Crippen LogP contribution in [0.2, 0.25) is 0 Å². The van der Waals surface area contributed by atoms with Gasteiger partial charge >= 0.3 is 5.69 Å². The second-order valence-corrected chi connectivity index (χ2v) is 5.99. The number of aromatic nitrogens is 4. The third-order valence-corrected chi connectivity index (χ3v) is 4.21. The maximum atomic E-state index is 11.9. The first-order valence-electron chi connectivity index (χ1n) is 7.31. The summed E-state index contributed by atoms with van der Waals surface area (Å²) in [4.78, 5) is 25.2. The highest BCUT2D eigenvalue weighted by Crippen LogP contribution is 2.52. The number of hydrogen-bond acceptors (Lipinski definition) is 5. The number of aliphatic hydroxyl groups excluding tert-OH is 1. The van der Waals surface area contributed by atoms with E-state index in [0.29, 0.717) is 29.3 Å². The molecule has 22 heavy (non-hydrogen) atoms. The summed E-state index contributed by atoms with van der Waals surface area (Å²) < 4.78 is 1.24. The minimum Gasteiger partial charge on any atom is -0.390 e. The highest BCUT2D eigenvalue weighted by molar-refractivity contribution is 5.35. The van der Waals surface area contributed by atoms with Gasteiger partial charge < -0.3 is 5.11 Å². The van der Waals surface area contributed by atoms with E-state index in [4.69, 9.17) is 0 Å². The molecule has 7 heteroatoms. The summed E-state index contributed by atoms with van der Waals surface area (Å²) >= 11 is 0. The van der Waals surface area contributed by atoms with Crippen LogP contribution in [-0.2, 0) is 6.61 Å². The minimum absolute atomic E-state index is 0.176. The third kappa shape index (κ3) is 2.59. The first kappa shape index (κ1) is 14.6. The van der Waals surface area contributed by atoms with Crippen LogP contribution in [0.1, 0.15) is 37.4 Å². The van der Waals surface area contributed by atoms with E-state index in [0.717, 1.165) is 12.0 Å². The van der Waals surface area contributed by atoms with E-state index in [1.54, 1.807) is 6.07 Å². The number of rotatable bonds is 4. The second kappa shape index (κ2) is 5.49. The van der Waals surface area contributed by atoms with Crippen molar-refractivity contribution in [3.63, 3.8) is 0 Å². The number of aliphatic hydroxyl groups is 1. The second-order valence-electron chi connectivity index (χ2n) is 5.99. The van der Waals surface area contributed by atoms with Gasteiger partial charge in [-0.25, -0.2) is 4.79 Å². The quantitative estimate of drug-likeness (QED) is 0.859. The average molecular weight is 302 g/mol. The van der Waals surface area contributed by atoms with Crippen molar-refractivity contribution in [1.29, 1.82) is 0 Å². The van der Waals surface area contributed by atoms with E-state index < -0.39 is 11.2 Å². The van der Waals surface area contributed by atoms with Gasteiger partial charge in [-0.2, -0.15) is 5.10 Å². The molecule has 1 saturated carbocycles. The average Bonchev–Trinajstić information content (AvgIpc) is 3.27. The van der Waals surface area contributed by atoms with Crippen molar-refractivity contribution in [2.45, 2.75) is 32.8 Å². The summed E-state index contributed by atoms with van der Waals surface area (Å²) in [5.41, 5.74) is 0.475. The molecule has 0 bridgehead atoms. The number of nitrogens with one attached hydrogen (secondary N) is 1. The Morgan fingerprint density at radius 3 is 2.77 bits per heavy atom. The molecule has 2 heterocycles. The molecule has 0 saturated heterocycles. The molecule has 1 aliphatic carbocycles. The third-order valence-electron chi connectivity index (χ3n) is 4.21. The van der Waals surface area contributed by atoms with Crippen LogP contribution in [0.4, 0.5) is 0 Å². The fourth-order valence-corrected chi connectivity index (χ4v) is 2.89. The van der Waals surface area contributed by atoms with Gasteiger partial charge in [0.15, 0.2) is 5.82 Å². The van der Waals surface area contributed by atoms with Gasteiger partial charge in [-0.3, -0.25) is 14.3 Å². The van der Waals surface area contributed by atoms with Gasteiger partial charge in [0.2, 0.25) is 0 Å². The first-order valence-corrected chi connectivity index (χ1v) is 7.31. The van der Waals surface area contributed by atoms with Crippen LogP contribution in [0.25, 0.3) is 5.82 Å². The summed E-state index contributed by atoms with van der Waals surface area (Å²) in [7, 11) is 0. The summed E-state index contributed by atoms with van der Waals surface area (Å²) in [6.45, 7) is 4.17. The van der Waals surface area contributed by atoms with Crippen LogP contribution >= 0.6 is 0 Å². The van der Waals surface area contributed by atoms with Gasteiger partial charge in [-0.05, 0) is 35.8 Å². The topological polar surface area (TPSA) is 101 Å². The summed E-state index contributed by atoms with van der Waals surface area (Å²) in [5, 5.41) is 17.5. The molecule has 0 unspecified atom stereocenters. The molecular weight excluding hydrogens is 284 g/mol. The summed E-state index contributed by atoms with van der Waals surface area (Å²) in [6, 6.07) is 3.04. The van der Waals surface area contributed by atoms with Crippen LogP contribution in [0.5, 0.6) is 0 Å². The lowest BCUT2D eigenvalue weighted by Gasteiger charge is -2.10. The van der Waals surface area contributed by atoms with Crippen molar-refractivity contribution in [2.75, 3.05) is 0 Å². The maximum Gasteiger partial charge on any atom is 0.334 e. The molecule has 1 aliphatic rings. The van der Waals surface area contributed by atoms with E-state index in [9.17, 15) is 14.7 Å². The van der Waals surface area contributed by atoms with Gasteiger partial charge in [-0.15, -0.1) is 5.10 Å². The molecule has 2 aromatic heterocycles. The predicted molar refractivity (Wildman–Crippen MR) is 79.9 cm³/mol. The Balaban J connectivity index is 2.04. The number of H-pyrrole nitrogens is 1. The fraction of sp³-hybridized carbons (Fsp3) is 0.467. The largest absolute Gasteiger partial charge is 0.390 e. The van der Waals surface area contributed by atoms with Crippen LogP contribution in [-0.4, -0.2) is 24.9 Å². The van der Waals surface area contributed by atoms with Crippen molar-refractivity contribution in [3.05, 3.63) is 50.4 Å². The lowest BCUT2D eigenvalue weighted by Crippen LogP contribution is -2.28. The number of hydrogen-bond donors (Lipinski definition) is 2. The van der Waals surface area contributed by atoms with Crippen LogP contribution < -0.4 is 11.2 Å². The summed E-state index contributed by atoms with van der Waals surface area (Å²) in [5.74, 6) is 1.82. The Hall–Kier alpha value is -2.28. The molecule has 2 aromatic rings. The molecule has 0 spiro atoms. The molecule has 116 valence electrons. The zero-order valence-electron chi connectivity index (χ0n) is 12.5. The molecular formula is C15H18N4O3. The van der Waals surface area contributed by atoms with Gasteiger partial charge in [0.05, 0.1) is 12.3 Å². The summed E-state index contributed by atoms with van der Waals surface area (Å²) in [6.07, 6.45) is 2.43. The van der Waals surface area contributed by atoms with E-state index in [1.165, 1.54) is 16.8 Å². The smallest absolute Gasteiger partial charge is 0.334 e. The van der Waals surface area contributed by atoms with Crippen LogP contribution in [0.15, 0.2) is 27.9 Å². The molecule has 0 amide bonds. The van der Waals surface area contributed by atoms with Gasteiger partial charge in [0.1, 0.15) is 0 Å². The van der Waals surface area contributed by atoms with Crippen molar-refractivity contribution in [1.82, 2.24) is 19.7 Å². The zero-order valence-corrected chi connectivity index (χ0v) is 12.5. The highest BCUT2D eigenvalue weighted by atomic mass is 16.3. The molecule has 0 radical (unpaired) electrons. The SMILES string of the molecule is CC(C)[C@H]1C[C@@H]1c1cc(-n2ccc(=O)[nH]c2=O)nnc1CO. The maximum absolute atomic E-state index is 11.9. The molecule has 2 atom stereocenters. The molecule has 2 N–H and O–H groups in total. The predicted octanol–water partition coefficient (Wildman–Crippen LogP) is 0.568. The van der Waals surface area contributed by atoms with Gasteiger partial charge in [0.25, 0.3) is 5.56 Å². The Morgan fingerprint density at radius 1 is 1.41 bits per heavy atom. The van der Waals surface area contributed by atoms with E-state index in [2.05, 4.69) is 29.0 Å². The monoisotopic (exact) mass is 302 g/mol. The number of nitrogens with zero attached hydrogens (tertiary/aromatic N) is 3. The van der Waals surface area contributed by atoms with Crippen molar-refractivity contribution in [2.24, 2.45) is 11.8 Å². The molecule has 0 aliphatic heterocycles. The highest BCUT2D eigenvalue weighted by Gasteiger charge is 2.41. The molecule has 0 aromatic carbocycles. The Bertz CT molecular complexity index is 809. The first-order chi connectivity index (χ1) is 10.5. The Morgan fingerprint density at radius 2 is 2.18 bits per heavy atom. The van der Waals surface area contributed by atoms with E-state index in [-0.39, 0.29) is 6.61 Å². The van der Waals surface area contributed by atoms with Crippen molar-refractivity contribution in [3.8, 4) is 5.82 Å². The Kier molecular flexibility index (Phi) is 3.66. The molecule has 7 nitrogen and oxygen atoms in total. The van der Waals surface area contributed by atoms with Crippen molar-refractivity contribution >= 4 is 0 Å². The normalized spacial score (nSPS) is 20.4. The van der Waals surface area contributed by atoms with E-state index >= 15 is 0 Å².